The topological polar surface area (TPSA) is 70.2 Å². The fourth-order valence-corrected chi connectivity index (χ4v) is 1.89. The van der Waals surface area contributed by atoms with Crippen LogP contribution in [0.2, 0.25) is 0 Å². The highest BCUT2D eigenvalue weighted by Crippen LogP contribution is 2.29. The van der Waals surface area contributed by atoms with Crippen molar-refractivity contribution in [3.63, 3.8) is 0 Å². The molecule has 6 nitrogen and oxygen atoms in total. The average molecular weight is 353 g/mol. The summed E-state index contributed by atoms with van der Waals surface area (Å²) in [6, 6.07) is 7.28. The third kappa shape index (κ3) is 5.71. The van der Waals surface area contributed by atoms with Gasteiger partial charge in [-0.05, 0) is 50.5 Å². The van der Waals surface area contributed by atoms with Crippen LogP contribution in [0, 0.1) is 0 Å². The van der Waals surface area contributed by atoms with Crippen LogP contribution in [-0.2, 0) is 6.18 Å². The lowest BCUT2D eigenvalue weighted by Crippen LogP contribution is -2.21. The van der Waals surface area contributed by atoms with E-state index in [-0.39, 0.29) is 11.4 Å². The zero-order valence-electron chi connectivity index (χ0n) is 13.8. The van der Waals surface area contributed by atoms with Crippen molar-refractivity contribution in [2.75, 3.05) is 37.8 Å². The Hall–Kier alpha value is -2.68. The predicted molar refractivity (Wildman–Crippen MR) is 88.5 cm³/mol. The Morgan fingerprint density at radius 1 is 1.08 bits per heavy atom. The maximum atomic E-state index is 12.5. The van der Waals surface area contributed by atoms with Crippen molar-refractivity contribution < 1.29 is 18.0 Å². The van der Waals surface area contributed by atoms with Gasteiger partial charge in [0.25, 0.3) is 5.91 Å². The lowest BCUT2D eigenvalue weighted by atomic mass is 10.2. The predicted octanol–water partition coefficient (Wildman–Crippen LogP) is 2.72. The lowest BCUT2D eigenvalue weighted by molar-refractivity contribution is -0.137. The van der Waals surface area contributed by atoms with E-state index in [9.17, 15) is 18.0 Å². The first-order valence-corrected chi connectivity index (χ1v) is 7.46. The van der Waals surface area contributed by atoms with Crippen LogP contribution >= 0.6 is 0 Å². The first-order valence-electron chi connectivity index (χ1n) is 7.46. The smallest absolute Gasteiger partial charge is 0.367 e. The van der Waals surface area contributed by atoms with Gasteiger partial charge in [-0.3, -0.25) is 4.79 Å². The van der Waals surface area contributed by atoms with Gasteiger partial charge >= 0.3 is 6.18 Å². The first-order chi connectivity index (χ1) is 11.8. The highest BCUT2D eigenvalue weighted by atomic mass is 19.4. The molecule has 2 rings (SSSR count). The summed E-state index contributed by atoms with van der Waals surface area (Å²) in [4.78, 5) is 14.1. The van der Waals surface area contributed by atoms with Gasteiger partial charge in [-0.2, -0.15) is 13.2 Å². The van der Waals surface area contributed by atoms with Gasteiger partial charge in [0, 0.05) is 18.8 Å². The second-order valence-corrected chi connectivity index (χ2v) is 5.56. The van der Waals surface area contributed by atoms with Crippen molar-refractivity contribution in [3.05, 3.63) is 47.7 Å². The maximum absolute atomic E-state index is 12.5. The number of hydrogen-bond donors (Lipinski definition) is 2. The van der Waals surface area contributed by atoms with Crippen LogP contribution in [0.4, 0.5) is 24.7 Å². The SMILES string of the molecule is CN(C)CCNc1ccc(C(=O)Nc2ccc(C(F)(F)F)cc2)nn1. The molecular formula is C16H18F3N5O. The number of hydrogen-bond acceptors (Lipinski definition) is 5. The fourth-order valence-electron chi connectivity index (χ4n) is 1.89. The molecule has 0 aliphatic rings. The Kier molecular flexibility index (Phi) is 5.92. The van der Waals surface area contributed by atoms with Crippen LogP contribution in [0.1, 0.15) is 16.1 Å². The number of nitrogens with one attached hydrogen (secondary N) is 2. The van der Waals surface area contributed by atoms with E-state index in [0.717, 1.165) is 18.7 Å². The van der Waals surface area contributed by atoms with E-state index >= 15 is 0 Å². The number of carbonyl (C=O) groups excluding carboxylic acids is 1. The molecule has 2 aromatic rings. The van der Waals surface area contributed by atoms with Crippen LogP contribution in [0.15, 0.2) is 36.4 Å². The summed E-state index contributed by atoms with van der Waals surface area (Å²) < 4.78 is 37.5. The lowest BCUT2D eigenvalue weighted by Gasteiger charge is -2.10. The number of amides is 1. The molecule has 134 valence electrons. The van der Waals surface area contributed by atoms with E-state index in [2.05, 4.69) is 20.8 Å². The monoisotopic (exact) mass is 353 g/mol. The standard InChI is InChI=1S/C16H18F3N5O/c1-24(2)10-9-20-14-8-7-13(22-23-14)15(25)21-12-5-3-11(4-6-12)16(17,18)19/h3-8H,9-10H2,1-2H3,(H,20,23)(H,21,25). The molecule has 0 atom stereocenters. The number of nitrogens with zero attached hydrogens (tertiary/aromatic N) is 3. The number of halogens is 3. The van der Waals surface area contributed by atoms with E-state index in [1.807, 2.05) is 19.0 Å². The molecule has 0 aliphatic carbocycles. The van der Waals surface area contributed by atoms with Crippen LogP contribution < -0.4 is 10.6 Å². The number of likely N-dealkylation sites (N-methyl/N-ethyl adjacent to an activating group) is 1. The van der Waals surface area contributed by atoms with E-state index in [1.54, 1.807) is 6.07 Å². The number of benzene rings is 1. The van der Waals surface area contributed by atoms with Crippen LogP contribution in [0.3, 0.4) is 0 Å². The molecule has 1 aromatic heterocycles. The molecule has 9 heteroatoms. The van der Waals surface area contributed by atoms with Crippen molar-refractivity contribution in [2.24, 2.45) is 0 Å². The van der Waals surface area contributed by atoms with Gasteiger partial charge < -0.3 is 15.5 Å². The summed E-state index contributed by atoms with van der Waals surface area (Å²) in [7, 11) is 3.89. The molecule has 0 bridgehead atoms. The Bertz CT molecular complexity index is 699. The fraction of sp³-hybridized carbons (Fsp3) is 0.312. The molecule has 2 N–H and O–H groups in total. The minimum absolute atomic E-state index is 0.0676. The largest absolute Gasteiger partial charge is 0.416 e. The van der Waals surface area contributed by atoms with Gasteiger partial charge in [-0.15, -0.1) is 10.2 Å². The van der Waals surface area contributed by atoms with Gasteiger partial charge in [-0.25, -0.2) is 0 Å². The van der Waals surface area contributed by atoms with E-state index in [0.29, 0.717) is 12.4 Å². The van der Waals surface area contributed by atoms with Crippen molar-refractivity contribution in [1.82, 2.24) is 15.1 Å². The summed E-state index contributed by atoms with van der Waals surface area (Å²) in [5.74, 6) is -0.0139. The van der Waals surface area contributed by atoms with E-state index < -0.39 is 17.6 Å². The molecule has 25 heavy (non-hydrogen) atoms. The Labute approximate surface area is 143 Å². The number of anilines is 2. The van der Waals surface area contributed by atoms with Gasteiger partial charge in [0.2, 0.25) is 0 Å². The second-order valence-electron chi connectivity index (χ2n) is 5.56. The van der Waals surface area contributed by atoms with E-state index in [1.165, 1.54) is 18.2 Å². The average Bonchev–Trinajstić information content (AvgIpc) is 2.55. The molecule has 0 fully saturated rings. The highest BCUT2D eigenvalue weighted by molar-refractivity contribution is 6.02. The molecular weight excluding hydrogens is 335 g/mol. The van der Waals surface area contributed by atoms with Crippen molar-refractivity contribution in [2.45, 2.75) is 6.18 Å². The highest BCUT2D eigenvalue weighted by Gasteiger charge is 2.30. The first kappa shape index (κ1) is 18.7. The van der Waals surface area contributed by atoms with Crippen LogP contribution in [-0.4, -0.2) is 48.2 Å². The minimum atomic E-state index is -4.41. The van der Waals surface area contributed by atoms with Crippen LogP contribution in [0.25, 0.3) is 0 Å². The third-order valence-electron chi connectivity index (χ3n) is 3.23. The molecule has 0 aliphatic heterocycles. The van der Waals surface area contributed by atoms with Crippen molar-refractivity contribution >= 4 is 17.4 Å². The zero-order chi connectivity index (χ0) is 18.4. The molecule has 0 unspecified atom stereocenters. The van der Waals surface area contributed by atoms with Gasteiger partial charge in [-0.1, -0.05) is 0 Å². The van der Waals surface area contributed by atoms with Gasteiger partial charge in [0.15, 0.2) is 5.69 Å². The van der Waals surface area contributed by atoms with Gasteiger partial charge in [0.05, 0.1) is 5.56 Å². The summed E-state index contributed by atoms with van der Waals surface area (Å²) in [5, 5.41) is 13.2. The maximum Gasteiger partial charge on any atom is 0.416 e. The Morgan fingerprint density at radius 2 is 1.76 bits per heavy atom. The molecule has 1 aromatic carbocycles. The summed E-state index contributed by atoms with van der Waals surface area (Å²) >= 11 is 0. The third-order valence-corrected chi connectivity index (χ3v) is 3.23. The normalized spacial score (nSPS) is 11.4. The molecule has 0 spiro atoms. The van der Waals surface area contributed by atoms with Crippen molar-refractivity contribution in [3.8, 4) is 0 Å². The minimum Gasteiger partial charge on any atom is -0.367 e. The molecule has 0 saturated heterocycles. The number of rotatable bonds is 6. The number of alkyl halides is 3. The van der Waals surface area contributed by atoms with Gasteiger partial charge in [0.1, 0.15) is 5.82 Å². The van der Waals surface area contributed by atoms with E-state index in [4.69, 9.17) is 0 Å². The summed E-state index contributed by atoms with van der Waals surface area (Å²) in [6.07, 6.45) is -4.41. The van der Waals surface area contributed by atoms with Crippen molar-refractivity contribution in [1.29, 1.82) is 0 Å². The Balaban J connectivity index is 1.94. The summed E-state index contributed by atoms with van der Waals surface area (Å²) in [6.45, 7) is 1.50. The molecule has 1 amide bonds. The molecule has 0 saturated carbocycles. The summed E-state index contributed by atoms with van der Waals surface area (Å²) in [5.41, 5.74) is -0.468. The quantitative estimate of drug-likeness (QED) is 0.836. The zero-order valence-corrected chi connectivity index (χ0v) is 13.8. The molecule has 0 radical (unpaired) electrons. The Morgan fingerprint density at radius 3 is 2.28 bits per heavy atom. The second kappa shape index (κ2) is 7.93. The number of aromatic nitrogens is 2. The van der Waals surface area contributed by atoms with Crippen LogP contribution in [0.5, 0.6) is 0 Å². The number of carbonyl (C=O) groups is 1. The molecule has 1 heterocycles.